The number of halogens is 1. The molecule has 1 aliphatic carbocycles. The Morgan fingerprint density at radius 2 is 1.89 bits per heavy atom. The van der Waals surface area contributed by atoms with Crippen LogP contribution < -0.4 is 5.73 Å². The molecule has 2 N–H and O–H groups in total. The Hall–Kier alpha value is -1.22. The molecule has 3 nitrogen and oxygen atoms in total. The number of anilines is 1. The summed E-state index contributed by atoms with van der Waals surface area (Å²) in [5, 5.41) is 0.368. The first-order chi connectivity index (χ1) is 9.11. The monoisotopic (exact) mass is 280 g/mol. The minimum absolute atomic E-state index is 0.0239. The molecule has 0 radical (unpaired) electrons. The predicted octanol–water partition coefficient (Wildman–Crippen LogP) is 3.72. The van der Waals surface area contributed by atoms with Crippen LogP contribution in [0, 0.1) is 0 Å². The van der Waals surface area contributed by atoms with Gasteiger partial charge < -0.3 is 10.6 Å². The van der Waals surface area contributed by atoms with E-state index in [1.165, 1.54) is 25.7 Å². The molecule has 0 saturated heterocycles. The van der Waals surface area contributed by atoms with Gasteiger partial charge >= 0.3 is 0 Å². The van der Waals surface area contributed by atoms with Crippen LogP contribution in [0.4, 0.5) is 5.69 Å². The van der Waals surface area contributed by atoms with E-state index < -0.39 is 0 Å². The highest BCUT2D eigenvalue weighted by atomic mass is 35.5. The smallest absolute Gasteiger partial charge is 0.255 e. The van der Waals surface area contributed by atoms with E-state index in [4.69, 9.17) is 17.3 Å². The summed E-state index contributed by atoms with van der Waals surface area (Å²) in [6.07, 6.45) is 7.12. The first-order valence-electron chi connectivity index (χ1n) is 6.92. The summed E-state index contributed by atoms with van der Waals surface area (Å²) in [5.74, 6) is -0.0239. The molecule has 1 amide bonds. The highest BCUT2D eigenvalue weighted by Crippen LogP contribution is 2.27. The van der Waals surface area contributed by atoms with Crippen LogP contribution in [0.3, 0.4) is 0 Å². The standard InChI is InChI=1S/C15H21ClN2O/c1-18(11-7-4-2-3-5-8-11)15(19)12-9-6-10-13(17)14(12)16/h6,9-11H,2-5,7-8,17H2,1H3. The number of amides is 1. The molecule has 4 heteroatoms. The first kappa shape index (κ1) is 14.2. The summed E-state index contributed by atoms with van der Waals surface area (Å²) >= 11 is 6.13. The van der Waals surface area contributed by atoms with Crippen LogP contribution in [0.1, 0.15) is 48.9 Å². The third-order valence-electron chi connectivity index (χ3n) is 3.95. The molecule has 1 saturated carbocycles. The average Bonchev–Trinajstić information content (AvgIpc) is 2.69. The van der Waals surface area contributed by atoms with Gasteiger partial charge in [0.25, 0.3) is 5.91 Å². The number of carbonyl (C=O) groups is 1. The molecule has 0 spiro atoms. The lowest BCUT2D eigenvalue weighted by molar-refractivity contribution is 0.0718. The number of carbonyl (C=O) groups excluding carboxylic acids is 1. The molecule has 19 heavy (non-hydrogen) atoms. The van der Waals surface area contributed by atoms with Gasteiger partial charge in [0, 0.05) is 13.1 Å². The maximum absolute atomic E-state index is 12.5. The molecule has 0 unspecified atom stereocenters. The lowest BCUT2D eigenvalue weighted by Crippen LogP contribution is -2.36. The number of rotatable bonds is 2. The van der Waals surface area contributed by atoms with Gasteiger partial charge in [-0.05, 0) is 25.0 Å². The second-order valence-electron chi connectivity index (χ2n) is 5.27. The van der Waals surface area contributed by atoms with Gasteiger partial charge in [-0.3, -0.25) is 4.79 Å². The maximum Gasteiger partial charge on any atom is 0.255 e. The van der Waals surface area contributed by atoms with E-state index in [9.17, 15) is 4.79 Å². The Kier molecular flexibility index (Phi) is 4.70. The Morgan fingerprint density at radius 3 is 2.53 bits per heavy atom. The number of nitrogen functional groups attached to an aromatic ring is 1. The van der Waals surface area contributed by atoms with Crippen molar-refractivity contribution in [3.63, 3.8) is 0 Å². The molecule has 1 aromatic rings. The summed E-state index contributed by atoms with van der Waals surface area (Å²) in [5.41, 5.74) is 6.73. The third kappa shape index (κ3) is 3.21. The van der Waals surface area contributed by atoms with Crippen molar-refractivity contribution in [2.45, 2.75) is 44.6 Å². The number of nitrogens with two attached hydrogens (primary N) is 1. The van der Waals surface area contributed by atoms with Crippen molar-refractivity contribution in [2.75, 3.05) is 12.8 Å². The van der Waals surface area contributed by atoms with Crippen LogP contribution in [0.2, 0.25) is 5.02 Å². The molecule has 0 aromatic heterocycles. The van der Waals surface area contributed by atoms with Crippen LogP contribution in [-0.4, -0.2) is 23.9 Å². The van der Waals surface area contributed by atoms with Gasteiger partial charge in [-0.2, -0.15) is 0 Å². The van der Waals surface area contributed by atoms with Crippen LogP contribution in [0.25, 0.3) is 0 Å². The van der Waals surface area contributed by atoms with Crippen molar-refractivity contribution >= 4 is 23.2 Å². The largest absolute Gasteiger partial charge is 0.398 e. The maximum atomic E-state index is 12.5. The van der Waals surface area contributed by atoms with E-state index in [-0.39, 0.29) is 5.91 Å². The van der Waals surface area contributed by atoms with Crippen LogP contribution in [0.5, 0.6) is 0 Å². The van der Waals surface area contributed by atoms with E-state index in [0.717, 1.165) is 12.8 Å². The zero-order valence-electron chi connectivity index (χ0n) is 11.4. The quantitative estimate of drug-likeness (QED) is 0.663. The average molecular weight is 281 g/mol. The summed E-state index contributed by atoms with van der Waals surface area (Å²) in [4.78, 5) is 14.4. The molecule has 2 rings (SSSR count). The van der Waals surface area contributed by atoms with Crippen molar-refractivity contribution in [2.24, 2.45) is 0 Å². The van der Waals surface area contributed by atoms with Crippen molar-refractivity contribution in [3.05, 3.63) is 28.8 Å². The normalized spacial score (nSPS) is 16.9. The van der Waals surface area contributed by atoms with E-state index in [1.807, 2.05) is 11.9 Å². The molecule has 0 atom stereocenters. The molecule has 0 aliphatic heterocycles. The predicted molar refractivity (Wildman–Crippen MR) is 79.4 cm³/mol. The SMILES string of the molecule is CN(C(=O)c1cccc(N)c1Cl)C1CCCCCC1. The van der Waals surface area contributed by atoms with E-state index in [1.54, 1.807) is 18.2 Å². The molecular formula is C15H21ClN2O. The Balaban J connectivity index is 2.15. The molecule has 1 aromatic carbocycles. The topological polar surface area (TPSA) is 46.3 Å². The van der Waals surface area contributed by atoms with Crippen molar-refractivity contribution < 1.29 is 4.79 Å². The van der Waals surface area contributed by atoms with Crippen LogP contribution in [0.15, 0.2) is 18.2 Å². The van der Waals surface area contributed by atoms with Gasteiger partial charge in [0.15, 0.2) is 0 Å². The van der Waals surface area contributed by atoms with Gasteiger partial charge in [0.05, 0.1) is 16.3 Å². The van der Waals surface area contributed by atoms with Crippen molar-refractivity contribution in [1.29, 1.82) is 0 Å². The number of nitrogens with zero attached hydrogens (tertiary/aromatic N) is 1. The molecule has 1 aliphatic rings. The third-order valence-corrected chi connectivity index (χ3v) is 4.37. The molecule has 104 valence electrons. The van der Waals surface area contributed by atoms with Gasteiger partial charge in [-0.25, -0.2) is 0 Å². The van der Waals surface area contributed by atoms with Gasteiger partial charge in [-0.15, -0.1) is 0 Å². The molecule has 1 fully saturated rings. The minimum Gasteiger partial charge on any atom is -0.398 e. The summed E-state index contributed by atoms with van der Waals surface area (Å²) in [7, 11) is 1.87. The lowest BCUT2D eigenvalue weighted by atomic mass is 10.1. The van der Waals surface area contributed by atoms with Crippen LogP contribution in [-0.2, 0) is 0 Å². The second kappa shape index (κ2) is 6.29. The summed E-state index contributed by atoms with van der Waals surface area (Å²) in [6, 6.07) is 5.56. The second-order valence-corrected chi connectivity index (χ2v) is 5.65. The van der Waals surface area contributed by atoms with E-state index >= 15 is 0 Å². The minimum atomic E-state index is -0.0239. The molecule has 0 bridgehead atoms. The van der Waals surface area contributed by atoms with Crippen molar-refractivity contribution in [3.8, 4) is 0 Å². The highest BCUT2D eigenvalue weighted by molar-refractivity contribution is 6.36. The van der Waals surface area contributed by atoms with Gasteiger partial charge in [0.2, 0.25) is 0 Å². The van der Waals surface area contributed by atoms with Gasteiger partial charge in [0.1, 0.15) is 0 Å². The number of benzene rings is 1. The first-order valence-corrected chi connectivity index (χ1v) is 7.30. The molecular weight excluding hydrogens is 260 g/mol. The summed E-state index contributed by atoms with van der Waals surface area (Å²) in [6.45, 7) is 0. The zero-order valence-corrected chi connectivity index (χ0v) is 12.1. The Morgan fingerprint density at radius 1 is 1.26 bits per heavy atom. The fourth-order valence-corrected chi connectivity index (χ4v) is 2.92. The Labute approximate surface area is 119 Å². The fourth-order valence-electron chi connectivity index (χ4n) is 2.72. The van der Waals surface area contributed by atoms with E-state index in [2.05, 4.69) is 0 Å². The van der Waals surface area contributed by atoms with Crippen molar-refractivity contribution in [1.82, 2.24) is 4.90 Å². The lowest BCUT2D eigenvalue weighted by Gasteiger charge is -2.27. The molecule has 0 heterocycles. The highest BCUT2D eigenvalue weighted by Gasteiger charge is 2.23. The zero-order chi connectivity index (χ0) is 13.8. The number of hydrogen-bond acceptors (Lipinski definition) is 2. The summed E-state index contributed by atoms with van der Waals surface area (Å²) < 4.78 is 0. The number of hydrogen-bond donors (Lipinski definition) is 1. The van der Waals surface area contributed by atoms with Crippen LogP contribution >= 0.6 is 11.6 Å². The Bertz CT molecular complexity index is 453. The van der Waals surface area contributed by atoms with E-state index in [0.29, 0.717) is 22.3 Å². The fraction of sp³-hybridized carbons (Fsp3) is 0.533. The van der Waals surface area contributed by atoms with Gasteiger partial charge in [-0.1, -0.05) is 43.4 Å².